The molecule has 8 N–H and O–H groups in total. The second kappa shape index (κ2) is 7.91. The molecule has 0 amide bonds. The molecule has 0 heterocycles. The fourth-order valence-electron chi connectivity index (χ4n) is 1.92. The fraction of sp³-hybridized carbons (Fsp3) is 0.750. The van der Waals surface area contributed by atoms with Crippen LogP contribution < -0.4 is 11.5 Å². The first kappa shape index (κ1) is 19.3. The molecule has 21 heavy (non-hydrogen) atoms. The van der Waals surface area contributed by atoms with Gasteiger partial charge in [-0.2, -0.15) is 0 Å². The van der Waals surface area contributed by atoms with Gasteiger partial charge in [0.25, 0.3) is 0 Å². The van der Waals surface area contributed by atoms with Crippen molar-refractivity contribution in [3.05, 3.63) is 0 Å². The Hall–Kier alpha value is -1.71. The van der Waals surface area contributed by atoms with Crippen LogP contribution in [0.4, 0.5) is 0 Å². The number of carboxylic acid groups (broad SMARTS) is 3. The molecule has 1 saturated carbocycles. The monoisotopic (exact) mass is 306 g/mol. The minimum atomic E-state index is -2.74. The van der Waals surface area contributed by atoms with Crippen LogP contribution in [0, 0.1) is 0 Å². The first-order chi connectivity index (χ1) is 9.48. The summed E-state index contributed by atoms with van der Waals surface area (Å²) in [5, 5.41) is 33.8. The lowest BCUT2D eigenvalue weighted by Gasteiger charge is -2.28. The summed E-state index contributed by atoms with van der Waals surface area (Å²) in [7, 11) is 0. The predicted molar refractivity (Wildman–Crippen MR) is 71.3 cm³/mol. The van der Waals surface area contributed by atoms with Crippen molar-refractivity contribution in [1.29, 1.82) is 0 Å². The molecule has 0 spiro atoms. The van der Waals surface area contributed by atoms with Crippen molar-refractivity contribution >= 4 is 17.9 Å². The van der Waals surface area contributed by atoms with Gasteiger partial charge in [0, 0.05) is 0 Å². The smallest absolute Gasteiger partial charge is 0.336 e. The molecule has 1 rings (SSSR count). The van der Waals surface area contributed by atoms with E-state index in [0.29, 0.717) is 0 Å². The minimum Gasteiger partial charge on any atom is -0.481 e. The maximum Gasteiger partial charge on any atom is 0.336 e. The van der Waals surface area contributed by atoms with Gasteiger partial charge in [-0.05, 0) is 12.8 Å². The third kappa shape index (κ3) is 8.23. The van der Waals surface area contributed by atoms with Gasteiger partial charge < -0.3 is 31.9 Å². The Morgan fingerprint density at radius 3 is 1.48 bits per heavy atom. The highest BCUT2D eigenvalue weighted by Crippen LogP contribution is 2.20. The number of carboxylic acids is 3. The zero-order valence-electron chi connectivity index (χ0n) is 11.6. The van der Waals surface area contributed by atoms with Gasteiger partial charge in [-0.3, -0.25) is 9.59 Å². The zero-order chi connectivity index (χ0) is 16.7. The molecule has 0 unspecified atom stereocenters. The lowest BCUT2D eigenvalue weighted by atomic mass is 9.91. The van der Waals surface area contributed by atoms with Crippen molar-refractivity contribution < 1.29 is 34.8 Å². The molecule has 9 heteroatoms. The van der Waals surface area contributed by atoms with E-state index < -0.39 is 36.4 Å². The molecule has 122 valence electrons. The van der Waals surface area contributed by atoms with Crippen LogP contribution in [-0.2, 0) is 14.4 Å². The molecule has 1 aliphatic carbocycles. The number of aliphatic hydroxyl groups is 1. The molecule has 0 aliphatic heterocycles. The number of hydrogen-bond acceptors (Lipinski definition) is 6. The van der Waals surface area contributed by atoms with Crippen molar-refractivity contribution in [1.82, 2.24) is 0 Å². The Kier molecular flexibility index (Phi) is 7.27. The topological polar surface area (TPSA) is 184 Å². The number of aliphatic carboxylic acids is 3. The van der Waals surface area contributed by atoms with E-state index in [1.54, 1.807) is 0 Å². The molecule has 0 aromatic carbocycles. The molecular formula is C12H22N2O7. The van der Waals surface area contributed by atoms with Crippen molar-refractivity contribution in [2.45, 2.75) is 56.2 Å². The van der Waals surface area contributed by atoms with Crippen LogP contribution in [0.2, 0.25) is 0 Å². The first-order valence-corrected chi connectivity index (χ1v) is 6.46. The summed E-state index contributed by atoms with van der Waals surface area (Å²) in [5.41, 5.74) is 8.25. The van der Waals surface area contributed by atoms with Gasteiger partial charge in [0.15, 0.2) is 5.60 Å². The summed E-state index contributed by atoms with van der Waals surface area (Å²) in [6.07, 6.45) is 3.47. The average Bonchev–Trinajstić information content (AvgIpc) is 2.26. The molecule has 0 bridgehead atoms. The molecule has 1 fully saturated rings. The van der Waals surface area contributed by atoms with Crippen LogP contribution in [0.1, 0.15) is 44.9 Å². The van der Waals surface area contributed by atoms with Gasteiger partial charge in [0.05, 0.1) is 18.5 Å². The summed E-state index contributed by atoms with van der Waals surface area (Å²) < 4.78 is 0. The third-order valence-electron chi connectivity index (χ3n) is 3.07. The van der Waals surface area contributed by atoms with E-state index in [1.165, 1.54) is 19.3 Å². The summed E-state index contributed by atoms with van der Waals surface area (Å²) in [6.45, 7) is 0. The SMILES string of the molecule is NC1(N)CCCCC1.O=C(O)CC(O)(CC(=O)O)C(=O)O. The van der Waals surface area contributed by atoms with Crippen molar-refractivity contribution in [3.8, 4) is 0 Å². The van der Waals surface area contributed by atoms with Crippen molar-refractivity contribution in [2.75, 3.05) is 0 Å². The van der Waals surface area contributed by atoms with Crippen LogP contribution in [0.15, 0.2) is 0 Å². The maximum absolute atomic E-state index is 10.3. The molecule has 0 radical (unpaired) electrons. The van der Waals surface area contributed by atoms with E-state index in [1.807, 2.05) is 0 Å². The Balaban J connectivity index is 0.000000423. The van der Waals surface area contributed by atoms with Gasteiger partial charge in [0.2, 0.25) is 0 Å². The number of nitrogens with two attached hydrogens (primary N) is 2. The van der Waals surface area contributed by atoms with E-state index in [-0.39, 0.29) is 5.66 Å². The molecule has 0 aromatic heterocycles. The Morgan fingerprint density at radius 2 is 1.29 bits per heavy atom. The maximum atomic E-state index is 10.3. The number of rotatable bonds is 5. The third-order valence-corrected chi connectivity index (χ3v) is 3.07. The second-order valence-corrected chi connectivity index (χ2v) is 5.27. The lowest BCUT2D eigenvalue weighted by molar-refractivity contribution is -0.170. The number of carbonyl (C=O) groups is 3. The summed E-state index contributed by atoms with van der Waals surface area (Å²) in [4.78, 5) is 30.5. The normalized spacial score (nSPS) is 17.3. The Morgan fingerprint density at radius 1 is 0.905 bits per heavy atom. The van der Waals surface area contributed by atoms with E-state index >= 15 is 0 Å². The molecule has 0 atom stereocenters. The number of hydrogen-bond donors (Lipinski definition) is 6. The average molecular weight is 306 g/mol. The minimum absolute atomic E-state index is 0.321. The standard InChI is InChI=1S/C6H14N2.C6H8O7/c7-6(8)4-2-1-3-5-6;7-3(8)1-6(13,5(11)12)2-4(9)10/h1-5,7-8H2;13H,1-2H2,(H,7,8)(H,9,10)(H,11,12). The van der Waals surface area contributed by atoms with Crippen LogP contribution in [0.3, 0.4) is 0 Å². The van der Waals surface area contributed by atoms with Crippen LogP contribution >= 0.6 is 0 Å². The molecule has 1 aliphatic rings. The quantitative estimate of drug-likeness (QED) is 0.358. The summed E-state index contributed by atoms with van der Waals surface area (Å²) in [5.74, 6) is -5.02. The molecular weight excluding hydrogens is 284 g/mol. The first-order valence-electron chi connectivity index (χ1n) is 6.46. The van der Waals surface area contributed by atoms with E-state index in [9.17, 15) is 14.4 Å². The van der Waals surface area contributed by atoms with Crippen LogP contribution in [0.5, 0.6) is 0 Å². The van der Waals surface area contributed by atoms with E-state index in [0.717, 1.165) is 12.8 Å². The highest BCUT2D eigenvalue weighted by molar-refractivity contribution is 5.88. The highest BCUT2D eigenvalue weighted by atomic mass is 16.4. The van der Waals surface area contributed by atoms with Gasteiger partial charge in [-0.15, -0.1) is 0 Å². The summed E-state index contributed by atoms with van der Waals surface area (Å²) in [6, 6.07) is 0. The molecule has 9 nitrogen and oxygen atoms in total. The highest BCUT2D eigenvalue weighted by Gasteiger charge is 2.40. The lowest BCUT2D eigenvalue weighted by Crippen LogP contribution is -2.50. The Bertz CT molecular complexity index is 371. The second-order valence-electron chi connectivity index (χ2n) is 5.27. The van der Waals surface area contributed by atoms with Gasteiger partial charge in [-0.25, -0.2) is 4.79 Å². The van der Waals surface area contributed by atoms with Crippen molar-refractivity contribution in [2.24, 2.45) is 11.5 Å². The summed E-state index contributed by atoms with van der Waals surface area (Å²) >= 11 is 0. The van der Waals surface area contributed by atoms with Gasteiger partial charge >= 0.3 is 17.9 Å². The Labute approximate surface area is 121 Å². The van der Waals surface area contributed by atoms with Crippen LogP contribution in [0.25, 0.3) is 0 Å². The molecule has 0 aromatic rings. The predicted octanol–water partition coefficient (Wildman–Crippen LogP) is -0.684. The van der Waals surface area contributed by atoms with Crippen LogP contribution in [-0.4, -0.2) is 49.6 Å². The van der Waals surface area contributed by atoms with Crippen molar-refractivity contribution in [3.63, 3.8) is 0 Å². The van der Waals surface area contributed by atoms with E-state index in [4.69, 9.17) is 31.9 Å². The zero-order valence-corrected chi connectivity index (χ0v) is 11.6. The largest absolute Gasteiger partial charge is 0.481 e. The van der Waals surface area contributed by atoms with Gasteiger partial charge in [0.1, 0.15) is 0 Å². The van der Waals surface area contributed by atoms with E-state index in [2.05, 4.69) is 0 Å². The van der Waals surface area contributed by atoms with Gasteiger partial charge in [-0.1, -0.05) is 19.3 Å². The molecule has 0 saturated heterocycles. The fourth-order valence-corrected chi connectivity index (χ4v) is 1.92.